The predicted octanol–water partition coefficient (Wildman–Crippen LogP) is 1.12. The molecule has 0 aliphatic carbocycles. The smallest absolute Gasteiger partial charge is 0.323 e. The van der Waals surface area contributed by atoms with E-state index < -0.39 is 10.0 Å². The fraction of sp³-hybridized carbons (Fsp3) is 0.933. The van der Waals surface area contributed by atoms with Gasteiger partial charge in [-0.05, 0) is 33.1 Å². The Morgan fingerprint density at radius 2 is 2.09 bits per heavy atom. The molecule has 0 radical (unpaired) electrons. The second-order valence-corrected chi connectivity index (χ2v) is 9.21. The molecule has 22 heavy (non-hydrogen) atoms. The molecule has 0 aromatic heterocycles. The maximum absolute atomic E-state index is 12.3. The molecule has 0 amide bonds. The van der Waals surface area contributed by atoms with Gasteiger partial charge in [0.2, 0.25) is 10.0 Å². The summed E-state index contributed by atoms with van der Waals surface area (Å²) >= 11 is 0. The SMILES string of the molecule is CC[C@@H]1CN(S(=O)(=O)C(C)C)CC[C@@H]1N[C@@H]1C[C@H](C)OC1=O. The third-order valence-electron chi connectivity index (χ3n) is 4.76. The number of carbonyl (C=O) groups is 1. The van der Waals surface area contributed by atoms with Gasteiger partial charge in [0.05, 0.1) is 5.25 Å². The molecule has 0 aromatic carbocycles. The largest absolute Gasteiger partial charge is 0.461 e. The molecule has 0 spiro atoms. The normalized spacial score (nSPS) is 34.1. The van der Waals surface area contributed by atoms with E-state index in [1.165, 1.54) is 0 Å². The van der Waals surface area contributed by atoms with Gasteiger partial charge in [0.25, 0.3) is 0 Å². The van der Waals surface area contributed by atoms with Crippen molar-refractivity contribution in [3.8, 4) is 0 Å². The van der Waals surface area contributed by atoms with Crippen molar-refractivity contribution in [3.05, 3.63) is 0 Å². The number of cyclic esters (lactones) is 1. The van der Waals surface area contributed by atoms with Gasteiger partial charge < -0.3 is 10.1 Å². The molecular weight excluding hydrogens is 304 g/mol. The van der Waals surface area contributed by atoms with E-state index in [4.69, 9.17) is 4.74 Å². The molecule has 0 bridgehead atoms. The predicted molar refractivity (Wildman–Crippen MR) is 84.9 cm³/mol. The first kappa shape index (κ1) is 17.7. The van der Waals surface area contributed by atoms with E-state index in [0.717, 1.165) is 12.8 Å². The quantitative estimate of drug-likeness (QED) is 0.764. The number of sulfonamides is 1. The van der Waals surface area contributed by atoms with Gasteiger partial charge in [-0.1, -0.05) is 13.3 Å². The molecule has 2 saturated heterocycles. The van der Waals surface area contributed by atoms with Crippen molar-refractivity contribution in [2.75, 3.05) is 13.1 Å². The maximum atomic E-state index is 12.3. The van der Waals surface area contributed by atoms with Crippen LogP contribution in [0.2, 0.25) is 0 Å². The molecule has 2 heterocycles. The van der Waals surface area contributed by atoms with Crippen LogP contribution in [0.15, 0.2) is 0 Å². The monoisotopic (exact) mass is 332 g/mol. The highest BCUT2D eigenvalue weighted by atomic mass is 32.2. The Kier molecular flexibility index (Phi) is 5.50. The summed E-state index contributed by atoms with van der Waals surface area (Å²) in [6.45, 7) is 8.46. The van der Waals surface area contributed by atoms with Crippen LogP contribution in [0.5, 0.6) is 0 Å². The highest BCUT2D eigenvalue weighted by molar-refractivity contribution is 7.89. The lowest BCUT2D eigenvalue weighted by molar-refractivity contribution is -0.142. The van der Waals surface area contributed by atoms with Crippen molar-refractivity contribution in [1.29, 1.82) is 0 Å². The number of piperidine rings is 1. The van der Waals surface area contributed by atoms with Crippen LogP contribution in [0.1, 0.15) is 47.0 Å². The molecule has 0 unspecified atom stereocenters. The Hall–Kier alpha value is -0.660. The van der Waals surface area contributed by atoms with E-state index in [1.54, 1.807) is 18.2 Å². The summed E-state index contributed by atoms with van der Waals surface area (Å²) in [5.74, 6) is 0.0468. The minimum Gasteiger partial charge on any atom is -0.461 e. The Balaban J connectivity index is 2.00. The first-order valence-corrected chi connectivity index (χ1v) is 9.71. The van der Waals surface area contributed by atoms with Gasteiger partial charge in [0.15, 0.2) is 0 Å². The van der Waals surface area contributed by atoms with Crippen molar-refractivity contribution in [3.63, 3.8) is 0 Å². The van der Waals surface area contributed by atoms with Crippen molar-refractivity contribution >= 4 is 16.0 Å². The molecule has 7 heteroatoms. The summed E-state index contributed by atoms with van der Waals surface area (Å²) in [5.41, 5.74) is 0. The van der Waals surface area contributed by atoms with Crippen LogP contribution in [-0.4, -0.2) is 55.2 Å². The zero-order chi connectivity index (χ0) is 16.5. The highest BCUT2D eigenvalue weighted by Gasteiger charge is 2.39. The summed E-state index contributed by atoms with van der Waals surface area (Å²) < 4.78 is 31.4. The van der Waals surface area contributed by atoms with Crippen LogP contribution >= 0.6 is 0 Å². The zero-order valence-corrected chi connectivity index (χ0v) is 14.7. The minimum atomic E-state index is -3.20. The van der Waals surface area contributed by atoms with Gasteiger partial charge in [0.1, 0.15) is 12.1 Å². The Morgan fingerprint density at radius 1 is 1.41 bits per heavy atom. The van der Waals surface area contributed by atoms with E-state index in [9.17, 15) is 13.2 Å². The molecule has 1 N–H and O–H groups in total. The fourth-order valence-corrected chi connectivity index (χ4v) is 4.67. The van der Waals surface area contributed by atoms with Crippen LogP contribution in [0.4, 0.5) is 0 Å². The van der Waals surface area contributed by atoms with Gasteiger partial charge in [-0.2, -0.15) is 0 Å². The summed E-state index contributed by atoms with van der Waals surface area (Å²) in [6, 6.07) is -0.0752. The number of esters is 1. The van der Waals surface area contributed by atoms with Crippen LogP contribution < -0.4 is 5.32 Å². The minimum absolute atomic E-state index is 0.0357. The summed E-state index contributed by atoms with van der Waals surface area (Å²) in [5, 5.41) is 3.02. The van der Waals surface area contributed by atoms with Crippen LogP contribution in [0.3, 0.4) is 0 Å². The highest BCUT2D eigenvalue weighted by Crippen LogP contribution is 2.26. The maximum Gasteiger partial charge on any atom is 0.323 e. The lowest BCUT2D eigenvalue weighted by Crippen LogP contribution is -2.54. The number of hydrogen-bond acceptors (Lipinski definition) is 5. The van der Waals surface area contributed by atoms with E-state index in [2.05, 4.69) is 12.2 Å². The van der Waals surface area contributed by atoms with Crippen molar-refractivity contribution in [1.82, 2.24) is 9.62 Å². The summed E-state index contributed by atoms with van der Waals surface area (Å²) in [4.78, 5) is 11.8. The average molecular weight is 332 g/mol. The fourth-order valence-electron chi connectivity index (χ4n) is 3.31. The molecule has 128 valence electrons. The standard InChI is InChI=1S/C15H28N2O4S/c1-5-12-9-17(22(19,20)10(2)3)7-6-13(12)16-14-8-11(4)21-15(14)18/h10-14,16H,5-9H2,1-4H3/t11-,12+,13-,14+/m0/s1. The average Bonchev–Trinajstić information content (AvgIpc) is 2.76. The van der Waals surface area contributed by atoms with Crippen molar-refractivity contribution in [2.45, 2.75) is 70.4 Å². The second kappa shape index (κ2) is 6.84. The molecular formula is C15H28N2O4S. The molecule has 4 atom stereocenters. The lowest BCUT2D eigenvalue weighted by atomic mass is 9.90. The lowest BCUT2D eigenvalue weighted by Gasteiger charge is -2.39. The van der Waals surface area contributed by atoms with E-state index in [1.807, 2.05) is 6.92 Å². The number of nitrogens with zero attached hydrogens (tertiary/aromatic N) is 1. The van der Waals surface area contributed by atoms with Crippen molar-refractivity contribution < 1.29 is 17.9 Å². The zero-order valence-electron chi connectivity index (χ0n) is 13.9. The number of ether oxygens (including phenoxy) is 1. The summed E-state index contributed by atoms with van der Waals surface area (Å²) in [7, 11) is -3.20. The van der Waals surface area contributed by atoms with Gasteiger partial charge in [0, 0.05) is 25.6 Å². The van der Waals surface area contributed by atoms with Crippen molar-refractivity contribution in [2.24, 2.45) is 5.92 Å². The number of rotatable bonds is 5. The molecule has 2 aliphatic rings. The van der Waals surface area contributed by atoms with Gasteiger partial charge >= 0.3 is 5.97 Å². The summed E-state index contributed by atoms with van der Waals surface area (Å²) in [6.07, 6.45) is 2.29. The molecule has 0 saturated carbocycles. The second-order valence-electron chi connectivity index (χ2n) is 6.72. The van der Waals surface area contributed by atoms with Gasteiger partial charge in [-0.25, -0.2) is 12.7 Å². The Labute approximate surface area is 133 Å². The van der Waals surface area contributed by atoms with Crippen LogP contribution in [-0.2, 0) is 19.6 Å². The number of nitrogens with one attached hydrogen (secondary N) is 1. The molecule has 6 nitrogen and oxygen atoms in total. The topological polar surface area (TPSA) is 75.7 Å². The Morgan fingerprint density at radius 3 is 2.59 bits per heavy atom. The van der Waals surface area contributed by atoms with E-state index >= 15 is 0 Å². The number of carbonyl (C=O) groups excluding carboxylic acids is 1. The molecule has 2 fully saturated rings. The molecule has 2 aliphatic heterocycles. The Bertz CT molecular complexity index is 506. The third-order valence-corrected chi connectivity index (χ3v) is 7.00. The first-order chi connectivity index (χ1) is 10.3. The molecule has 0 aromatic rings. The number of hydrogen-bond donors (Lipinski definition) is 1. The van der Waals surface area contributed by atoms with Gasteiger partial charge in [-0.15, -0.1) is 0 Å². The van der Waals surface area contributed by atoms with Gasteiger partial charge in [-0.3, -0.25) is 4.79 Å². The molecule has 2 rings (SSSR count). The van der Waals surface area contributed by atoms with Crippen LogP contribution in [0.25, 0.3) is 0 Å². The third kappa shape index (κ3) is 3.63. The van der Waals surface area contributed by atoms with E-state index in [-0.39, 0.29) is 35.3 Å². The van der Waals surface area contributed by atoms with Crippen LogP contribution in [0, 0.1) is 5.92 Å². The van der Waals surface area contributed by atoms with E-state index in [0.29, 0.717) is 19.5 Å². The first-order valence-electron chi connectivity index (χ1n) is 8.21.